The third-order valence-electron chi connectivity index (χ3n) is 2.10. The highest BCUT2D eigenvalue weighted by Gasteiger charge is 2.00. The molecule has 78 valence electrons. The lowest BCUT2D eigenvalue weighted by atomic mass is 10.2. The van der Waals surface area contributed by atoms with Crippen LogP contribution in [-0.4, -0.2) is 10.3 Å². The van der Waals surface area contributed by atoms with Crippen molar-refractivity contribution in [3.8, 4) is 5.75 Å². The predicted octanol–water partition coefficient (Wildman–Crippen LogP) is 1.67. The molecular weight excluding hydrogens is 192 g/mol. The van der Waals surface area contributed by atoms with Gasteiger partial charge in [0.15, 0.2) is 0 Å². The molecule has 0 aliphatic rings. The van der Waals surface area contributed by atoms with Gasteiger partial charge in [-0.1, -0.05) is 23.4 Å². The minimum Gasteiger partial charge on any atom is -0.508 e. The van der Waals surface area contributed by atoms with E-state index in [9.17, 15) is 5.11 Å². The van der Waals surface area contributed by atoms with E-state index in [2.05, 4.69) is 10.5 Å². The summed E-state index contributed by atoms with van der Waals surface area (Å²) < 4.78 is 4.93. The van der Waals surface area contributed by atoms with Crippen molar-refractivity contribution in [2.24, 2.45) is 0 Å². The molecule has 4 nitrogen and oxygen atoms in total. The second-order valence-electron chi connectivity index (χ2n) is 3.21. The molecule has 15 heavy (non-hydrogen) atoms. The van der Waals surface area contributed by atoms with E-state index in [4.69, 9.17) is 4.52 Å². The first kappa shape index (κ1) is 9.73. The summed E-state index contributed by atoms with van der Waals surface area (Å²) in [6.45, 7) is 1.21. The molecule has 0 aliphatic carbocycles. The Kier molecular flexibility index (Phi) is 2.99. The number of hydrogen-bond donors (Lipinski definition) is 2. The molecule has 0 radical (unpaired) electrons. The lowest BCUT2D eigenvalue weighted by molar-refractivity contribution is 0.372. The smallest absolute Gasteiger partial charge is 0.150 e. The van der Waals surface area contributed by atoms with E-state index >= 15 is 0 Å². The van der Waals surface area contributed by atoms with E-state index in [1.165, 1.54) is 0 Å². The summed E-state index contributed by atoms with van der Waals surface area (Å²) >= 11 is 0. The maximum Gasteiger partial charge on any atom is 0.150 e. The molecule has 0 amide bonds. The van der Waals surface area contributed by atoms with E-state index in [0.29, 0.717) is 18.8 Å². The number of phenolic OH excluding ortho intramolecular Hbond substituents is 1. The zero-order chi connectivity index (χ0) is 10.5. The molecule has 2 aromatic rings. The van der Waals surface area contributed by atoms with Gasteiger partial charge in [-0.25, -0.2) is 0 Å². The number of nitrogens with one attached hydrogen (secondary N) is 1. The molecule has 0 unspecified atom stereocenters. The van der Waals surface area contributed by atoms with Crippen LogP contribution in [0, 0.1) is 0 Å². The molecule has 4 heteroatoms. The Hall–Kier alpha value is -1.81. The zero-order valence-electron chi connectivity index (χ0n) is 8.18. The number of rotatable bonds is 4. The van der Waals surface area contributed by atoms with Gasteiger partial charge >= 0.3 is 0 Å². The van der Waals surface area contributed by atoms with Crippen LogP contribution in [0.25, 0.3) is 0 Å². The Morgan fingerprint density at radius 2 is 2.07 bits per heavy atom. The van der Waals surface area contributed by atoms with Crippen molar-refractivity contribution in [2.75, 3.05) is 0 Å². The average molecular weight is 204 g/mol. The minimum atomic E-state index is 0.308. The summed E-state index contributed by atoms with van der Waals surface area (Å²) in [6, 6.07) is 9.05. The van der Waals surface area contributed by atoms with Crippen molar-refractivity contribution in [3.63, 3.8) is 0 Å². The molecule has 0 spiro atoms. The van der Waals surface area contributed by atoms with E-state index in [1.807, 2.05) is 12.1 Å². The van der Waals surface area contributed by atoms with Gasteiger partial charge in [0.05, 0.1) is 12.7 Å². The van der Waals surface area contributed by atoms with Crippen LogP contribution in [-0.2, 0) is 13.1 Å². The molecule has 1 heterocycles. The Bertz CT molecular complexity index is 412. The lowest BCUT2D eigenvalue weighted by Crippen LogP contribution is -2.12. The molecule has 2 N–H and O–H groups in total. The lowest BCUT2D eigenvalue weighted by Gasteiger charge is -2.04. The zero-order valence-corrected chi connectivity index (χ0v) is 8.18. The molecule has 0 saturated heterocycles. The third kappa shape index (κ3) is 2.57. The van der Waals surface area contributed by atoms with E-state index in [1.54, 1.807) is 24.4 Å². The van der Waals surface area contributed by atoms with Gasteiger partial charge in [-0.15, -0.1) is 0 Å². The van der Waals surface area contributed by atoms with Crippen molar-refractivity contribution in [1.29, 1.82) is 0 Å². The number of hydrogen-bond acceptors (Lipinski definition) is 4. The Morgan fingerprint density at radius 3 is 2.80 bits per heavy atom. The Morgan fingerprint density at radius 1 is 1.20 bits per heavy atom. The molecule has 1 aromatic carbocycles. The first-order chi connectivity index (χ1) is 7.36. The number of aromatic hydroxyl groups is 1. The molecular formula is C11H12N2O2. The average Bonchev–Trinajstić information content (AvgIpc) is 2.74. The molecule has 0 fully saturated rings. The maximum atomic E-state index is 9.49. The minimum absolute atomic E-state index is 0.308. The van der Waals surface area contributed by atoms with Crippen LogP contribution in [0.1, 0.15) is 11.3 Å². The Balaban J connectivity index is 1.86. The van der Waals surface area contributed by atoms with Gasteiger partial charge in [-0.3, -0.25) is 0 Å². The number of nitrogens with zero attached hydrogens (tertiary/aromatic N) is 1. The van der Waals surface area contributed by atoms with Gasteiger partial charge in [0, 0.05) is 18.2 Å². The summed E-state index contributed by atoms with van der Waals surface area (Å²) in [6.07, 6.45) is 1.61. The van der Waals surface area contributed by atoms with Crippen LogP contribution in [0.4, 0.5) is 0 Å². The quantitative estimate of drug-likeness (QED) is 0.795. The fourth-order valence-electron chi connectivity index (χ4n) is 1.31. The van der Waals surface area contributed by atoms with Gasteiger partial charge in [0.2, 0.25) is 0 Å². The first-order valence-electron chi connectivity index (χ1n) is 4.73. The highest BCUT2D eigenvalue weighted by atomic mass is 16.5. The third-order valence-corrected chi connectivity index (χ3v) is 2.10. The second kappa shape index (κ2) is 4.61. The SMILES string of the molecule is Oc1ccccc1CNCc1ccno1. The van der Waals surface area contributed by atoms with Crippen LogP contribution in [0.3, 0.4) is 0 Å². The van der Waals surface area contributed by atoms with Crippen LogP contribution >= 0.6 is 0 Å². The van der Waals surface area contributed by atoms with Gasteiger partial charge in [0.25, 0.3) is 0 Å². The topological polar surface area (TPSA) is 58.3 Å². The van der Waals surface area contributed by atoms with E-state index < -0.39 is 0 Å². The molecule has 0 atom stereocenters. The van der Waals surface area contributed by atoms with Crippen LogP contribution in [0.15, 0.2) is 41.1 Å². The Labute approximate surface area is 87.5 Å². The van der Waals surface area contributed by atoms with Crippen LogP contribution in [0.5, 0.6) is 5.75 Å². The van der Waals surface area contributed by atoms with E-state index in [-0.39, 0.29) is 0 Å². The van der Waals surface area contributed by atoms with Crippen molar-refractivity contribution < 1.29 is 9.63 Å². The van der Waals surface area contributed by atoms with Crippen molar-refractivity contribution in [3.05, 3.63) is 47.9 Å². The molecule has 1 aromatic heterocycles. The largest absolute Gasteiger partial charge is 0.508 e. The van der Waals surface area contributed by atoms with Crippen LogP contribution < -0.4 is 5.32 Å². The number of phenols is 1. The number of aromatic nitrogens is 1. The molecule has 0 aliphatic heterocycles. The fourth-order valence-corrected chi connectivity index (χ4v) is 1.31. The predicted molar refractivity (Wildman–Crippen MR) is 55.2 cm³/mol. The van der Waals surface area contributed by atoms with Gasteiger partial charge in [0.1, 0.15) is 11.5 Å². The highest BCUT2D eigenvalue weighted by molar-refractivity contribution is 5.31. The standard InChI is InChI=1S/C11H12N2O2/c14-11-4-2-1-3-9(11)7-12-8-10-5-6-13-15-10/h1-6,12,14H,7-8H2. The summed E-state index contributed by atoms with van der Waals surface area (Å²) in [5, 5.41) is 16.2. The second-order valence-corrected chi connectivity index (χ2v) is 3.21. The highest BCUT2D eigenvalue weighted by Crippen LogP contribution is 2.14. The van der Waals surface area contributed by atoms with Crippen LogP contribution in [0.2, 0.25) is 0 Å². The van der Waals surface area contributed by atoms with Crippen molar-refractivity contribution in [1.82, 2.24) is 10.5 Å². The van der Waals surface area contributed by atoms with E-state index in [0.717, 1.165) is 11.3 Å². The monoisotopic (exact) mass is 204 g/mol. The molecule has 0 saturated carbocycles. The molecule has 2 rings (SSSR count). The van der Waals surface area contributed by atoms with Gasteiger partial charge < -0.3 is 14.9 Å². The summed E-state index contributed by atoms with van der Waals surface area (Å²) in [5.74, 6) is 1.09. The summed E-state index contributed by atoms with van der Waals surface area (Å²) in [4.78, 5) is 0. The van der Waals surface area contributed by atoms with Gasteiger partial charge in [-0.2, -0.15) is 0 Å². The fraction of sp³-hybridized carbons (Fsp3) is 0.182. The maximum absolute atomic E-state index is 9.49. The molecule has 0 bridgehead atoms. The van der Waals surface area contributed by atoms with Gasteiger partial charge in [-0.05, 0) is 6.07 Å². The number of benzene rings is 1. The van der Waals surface area contributed by atoms with Crippen molar-refractivity contribution in [2.45, 2.75) is 13.1 Å². The summed E-state index contributed by atoms with van der Waals surface area (Å²) in [7, 11) is 0. The normalized spacial score (nSPS) is 10.4. The van der Waals surface area contributed by atoms with Crippen molar-refractivity contribution >= 4 is 0 Å². The first-order valence-corrected chi connectivity index (χ1v) is 4.73. The number of para-hydroxylation sites is 1. The summed E-state index contributed by atoms with van der Waals surface area (Å²) in [5.41, 5.74) is 0.872.